The maximum absolute atomic E-state index is 12.3. The van der Waals surface area contributed by atoms with E-state index < -0.39 is 10.0 Å². The lowest BCUT2D eigenvalue weighted by atomic mass is 9.92. The second kappa shape index (κ2) is 6.53. The van der Waals surface area contributed by atoms with Crippen molar-refractivity contribution in [1.82, 2.24) is 5.32 Å². The van der Waals surface area contributed by atoms with Crippen LogP contribution in [0.2, 0.25) is 0 Å². The molecule has 6 nitrogen and oxygen atoms in total. The molecule has 1 amide bonds. The lowest BCUT2D eigenvalue weighted by Crippen LogP contribution is -2.13. The average Bonchev–Trinajstić information content (AvgIpc) is 3.20. The minimum Gasteiger partial charge on any atom is -0.457 e. The number of carbonyl (C=O) groups is 1. The lowest BCUT2D eigenvalue weighted by Gasteiger charge is -2.14. The highest BCUT2D eigenvalue weighted by molar-refractivity contribution is 7.89. The van der Waals surface area contributed by atoms with Gasteiger partial charge in [0.25, 0.3) is 5.91 Å². The normalized spacial score (nSPS) is 20.9. The van der Waals surface area contributed by atoms with Crippen molar-refractivity contribution in [2.75, 3.05) is 0 Å². The Bertz CT molecular complexity index is 1120. The topological polar surface area (TPSA) is 102 Å². The number of rotatable bonds is 3. The highest BCUT2D eigenvalue weighted by atomic mass is 35.5. The summed E-state index contributed by atoms with van der Waals surface area (Å²) in [5.74, 6) is 0.815. The number of nitrogens with one attached hydrogen (secondary N) is 1. The third-order valence-electron chi connectivity index (χ3n) is 4.51. The SMILES string of the molecule is NS(=O)(=O)c1ccc(-c2ccc(C=C3C(=O)NC4=CC=C(Cl)CC43)o2)cc1. The number of fused-ring (bicyclic) bond motifs is 1. The second-order valence-electron chi connectivity index (χ2n) is 6.32. The molecule has 1 aliphatic carbocycles. The summed E-state index contributed by atoms with van der Waals surface area (Å²) in [5.41, 5.74) is 2.13. The fourth-order valence-corrected chi connectivity index (χ4v) is 3.88. The minimum absolute atomic E-state index is 0.0318. The van der Waals surface area contributed by atoms with Crippen LogP contribution in [0.25, 0.3) is 17.4 Å². The molecule has 0 radical (unpaired) electrons. The summed E-state index contributed by atoms with van der Waals surface area (Å²) in [4.78, 5) is 12.3. The van der Waals surface area contributed by atoms with E-state index in [9.17, 15) is 13.2 Å². The Kier molecular flexibility index (Phi) is 4.30. The van der Waals surface area contributed by atoms with E-state index in [0.29, 0.717) is 34.1 Å². The standard InChI is InChI=1S/C19H15ClN2O4S/c20-12-3-7-17-15(9-12)16(19(23)22-17)10-13-4-8-18(26-13)11-1-5-14(6-2-11)27(21,24)25/h1-8,10,15H,9H2,(H,22,23)(H2,21,24,25). The molecule has 1 fully saturated rings. The van der Waals surface area contributed by atoms with Crippen molar-refractivity contribution < 1.29 is 17.6 Å². The molecule has 4 rings (SSSR count). The Balaban J connectivity index is 1.62. The van der Waals surface area contributed by atoms with E-state index in [1.807, 2.05) is 6.08 Å². The molecule has 138 valence electrons. The molecule has 0 saturated carbocycles. The van der Waals surface area contributed by atoms with Gasteiger partial charge in [0.1, 0.15) is 11.5 Å². The zero-order valence-corrected chi connectivity index (χ0v) is 15.5. The molecule has 2 heterocycles. The number of amides is 1. The van der Waals surface area contributed by atoms with Gasteiger partial charge in [-0.3, -0.25) is 4.79 Å². The van der Waals surface area contributed by atoms with Crippen LogP contribution in [0.1, 0.15) is 12.2 Å². The Morgan fingerprint density at radius 2 is 1.89 bits per heavy atom. The predicted octanol–water partition coefficient (Wildman–Crippen LogP) is 3.13. The lowest BCUT2D eigenvalue weighted by molar-refractivity contribution is -0.115. The van der Waals surface area contributed by atoms with E-state index in [2.05, 4.69) is 5.32 Å². The van der Waals surface area contributed by atoms with Gasteiger partial charge in [-0.15, -0.1) is 0 Å². The van der Waals surface area contributed by atoms with Gasteiger partial charge in [-0.2, -0.15) is 0 Å². The van der Waals surface area contributed by atoms with Crippen LogP contribution in [0.5, 0.6) is 0 Å². The first-order valence-electron chi connectivity index (χ1n) is 8.13. The molecule has 0 spiro atoms. The third-order valence-corrected chi connectivity index (χ3v) is 5.72. The molecule has 0 bridgehead atoms. The van der Waals surface area contributed by atoms with Crippen molar-refractivity contribution in [2.24, 2.45) is 11.1 Å². The number of carbonyl (C=O) groups excluding carboxylic acids is 1. The van der Waals surface area contributed by atoms with Crippen LogP contribution in [0.3, 0.4) is 0 Å². The third kappa shape index (κ3) is 3.49. The predicted molar refractivity (Wildman–Crippen MR) is 102 cm³/mol. The van der Waals surface area contributed by atoms with E-state index in [1.54, 1.807) is 36.4 Å². The van der Waals surface area contributed by atoms with E-state index in [4.69, 9.17) is 21.2 Å². The largest absolute Gasteiger partial charge is 0.457 e. The number of benzene rings is 1. The number of primary sulfonamides is 1. The van der Waals surface area contributed by atoms with E-state index in [1.165, 1.54) is 12.1 Å². The van der Waals surface area contributed by atoms with Gasteiger partial charge < -0.3 is 9.73 Å². The van der Waals surface area contributed by atoms with Gasteiger partial charge in [-0.05, 0) is 61.0 Å². The zero-order valence-electron chi connectivity index (χ0n) is 14.0. The Labute approximate surface area is 161 Å². The summed E-state index contributed by atoms with van der Waals surface area (Å²) in [7, 11) is -3.74. The number of allylic oxidation sites excluding steroid dienone is 4. The summed E-state index contributed by atoms with van der Waals surface area (Å²) in [5, 5.41) is 8.64. The van der Waals surface area contributed by atoms with Gasteiger partial charge in [-0.25, -0.2) is 13.6 Å². The summed E-state index contributed by atoms with van der Waals surface area (Å²) in [6, 6.07) is 9.59. The number of nitrogens with two attached hydrogens (primary N) is 1. The molecule has 1 saturated heterocycles. The van der Waals surface area contributed by atoms with Gasteiger partial charge in [0, 0.05) is 27.8 Å². The van der Waals surface area contributed by atoms with Crippen LogP contribution >= 0.6 is 11.6 Å². The molecule has 1 aliphatic heterocycles. The first-order chi connectivity index (χ1) is 12.8. The molecular weight excluding hydrogens is 388 g/mol. The monoisotopic (exact) mass is 402 g/mol. The number of hydrogen-bond acceptors (Lipinski definition) is 4. The van der Waals surface area contributed by atoms with E-state index >= 15 is 0 Å². The number of hydrogen-bond donors (Lipinski definition) is 2. The zero-order chi connectivity index (χ0) is 19.2. The van der Waals surface area contributed by atoms with E-state index in [0.717, 1.165) is 5.70 Å². The highest BCUT2D eigenvalue weighted by Gasteiger charge is 2.34. The molecule has 1 unspecified atom stereocenters. The van der Waals surface area contributed by atoms with Gasteiger partial charge in [0.15, 0.2) is 0 Å². The van der Waals surface area contributed by atoms with Crippen molar-refractivity contribution in [3.05, 3.63) is 70.6 Å². The Hall–Kier alpha value is -2.61. The summed E-state index contributed by atoms with van der Waals surface area (Å²) < 4.78 is 28.5. The summed E-state index contributed by atoms with van der Waals surface area (Å²) >= 11 is 6.10. The first-order valence-corrected chi connectivity index (χ1v) is 10.1. The summed E-state index contributed by atoms with van der Waals surface area (Å²) in [6.07, 6.45) is 5.88. The van der Waals surface area contributed by atoms with Gasteiger partial charge in [0.2, 0.25) is 10.0 Å². The molecule has 27 heavy (non-hydrogen) atoms. The molecule has 8 heteroatoms. The van der Waals surface area contributed by atoms with E-state index in [-0.39, 0.29) is 16.7 Å². The minimum atomic E-state index is -3.74. The number of sulfonamides is 1. The Morgan fingerprint density at radius 3 is 2.59 bits per heavy atom. The molecule has 2 aliphatic rings. The second-order valence-corrected chi connectivity index (χ2v) is 8.36. The van der Waals surface area contributed by atoms with Crippen LogP contribution in [0, 0.1) is 5.92 Å². The molecular formula is C19H15ClN2O4S. The van der Waals surface area contributed by atoms with Gasteiger partial charge in [0.05, 0.1) is 4.90 Å². The first kappa shape index (κ1) is 17.8. The van der Waals surface area contributed by atoms with Crippen LogP contribution < -0.4 is 10.5 Å². The van der Waals surface area contributed by atoms with Crippen LogP contribution in [0.4, 0.5) is 0 Å². The summed E-state index contributed by atoms with van der Waals surface area (Å²) in [6.45, 7) is 0. The van der Waals surface area contributed by atoms with Crippen molar-refractivity contribution in [3.63, 3.8) is 0 Å². The van der Waals surface area contributed by atoms with Crippen LogP contribution in [-0.2, 0) is 14.8 Å². The maximum Gasteiger partial charge on any atom is 0.252 e. The maximum atomic E-state index is 12.3. The Morgan fingerprint density at radius 1 is 1.15 bits per heavy atom. The fourth-order valence-electron chi connectivity index (χ4n) is 3.15. The van der Waals surface area contributed by atoms with Crippen molar-refractivity contribution in [3.8, 4) is 11.3 Å². The number of halogens is 1. The molecule has 2 aromatic rings. The molecule has 1 atom stereocenters. The fraction of sp³-hybridized carbons (Fsp3) is 0.105. The smallest absolute Gasteiger partial charge is 0.252 e. The average molecular weight is 403 g/mol. The molecule has 1 aromatic heterocycles. The van der Waals surface area contributed by atoms with Gasteiger partial charge in [-0.1, -0.05) is 11.6 Å². The van der Waals surface area contributed by atoms with Crippen LogP contribution in [0.15, 0.2) is 74.2 Å². The molecule has 3 N–H and O–H groups in total. The van der Waals surface area contributed by atoms with Crippen molar-refractivity contribution in [2.45, 2.75) is 11.3 Å². The van der Waals surface area contributed by atoms with Crippen molar-refractivity contribution in [1.29, 1.82) is 0 Å². The van der Waals surface area contributed by atoms with Crippen molar-refractivity contribution >= 4 is 33.6 Å². The molecule has 1 aromatic carbocycles. The highest BCUT2D eigenvalue weighted by Crippen LogP contribution is 2.37. The quantitative estimate of drug-likeness (QED) is 0.770. The van der Waals surface area contributed by atoms with Crippen LogP contribution in [-0.4, -0.2) is 14.3 Å². The number of furan rings is 1. The van der Waals surface area contributed by atoms with Gasteiger partial charge >= 0.3 is 0 Å².